The van der Waals surface area contributed by atoms with Gasteiger partial charge in [0.25, 0.3) is 0 Å². The molecule has 1 aliphatic rings. The van der Waals surface area contributed by atoms with Crippen LogP contribution in [0.3, 0.4) is 0 Å². The van der Waals surface area contributed by atoms with Gasteiger partial charge in [-0.3, -0.25) is 4.79 Å². The molecule has 0 radical (unpaired) electrons. The molecule has 0 fully saturated rings. The van der Waals surface area contributed by atoms with Crippen molar-refractivity contribution in [1.29, 1.82) is 0 Å². The zero-order valence-corrected chi connectivity index (χ0v) is 17.6. The molecule has 162 valence electrons. The number of carbonyl (C=O) groups excluding carboxylic acids is 2. The molecule has 4 rings (SSSR count). The molecule has 1 amide bonds. The van der Waals surface area contributed by atoms with Crippen LogP contribution in [0.1, 0.15) is 18.2 Å². The van der Waals surface area contributed by atoms with Gasteiger partial charge in [-0.1, -0.05) is 42.3 Å². The number of benzene rings is 2. The van der Waals surface area contributed by atoms with Crippen molar-refractivity contribution in [3.8, 4) is 12.3 Å². The fourth-order valence-electron chi connectivity index (χ4n) is 4.27. The molecule has 2 aromatic carbocycles. The molecule has 0 saturated heterocycles. The van der Waals surface area contributed by atoms with E-state index < -0.39 is 17.4 Å². The molecule has 1 aliphatic heterocycles. The minimum absolute atomic E-state index is 0.210. The number of esters is 1. The molecule has 0 saturated carbocycles. The van der Waals surface area contributed by atoms with Crippen LogP contribution in [0.15, 0.2) is 59.9 Å². The van der Waals surface area contributed by atoms with E-state index >= 15 is 0 Å². The number of fused-ring (bicyclic) bond motifs is 3. The van der Waals surface area contributed by atoms with Gasteiger partial charge in [-0.05, 0) is 37.1 Å². The van der Waals surface area contributed by atoms with Crippen LogP contribution in [-0.4, -0.2) is 41.5 Å². The van der Waals surface area contributed by atoms with Crippen molar-refractivity contribution in [2.24, 2.45) is 5.29 Å². The van der Waals surface area contributed by atoms with E-state index in [1.165, 1.54) is 4.90 Å². The predicted octanol–water partition coefficient (Wildman–Crippen LogP) is 3.13. The lowest BCUT2D eigenvalue weighted by atomic mass is 9.86. The molecule has 1 N–H and O–H groups in total. The second-order valence-electron chi connectivity index (χ2n) is 7.65. The molecule has 2 heterocycles. The summed E-state index contributed by atoms with van der Waals surface area (Å²) >= 11 is 0. The number of H-pyrrole nitrogens is 1. The molecular formula is C24H22N4O4. The van der Waals surface area contributed by atoms with Crippen LogP contribution in [0.4, 0.5) is 5.69 Å². The number of nitroso groups, excluding NO2 is 1. The summed E-state index contributed by atoms with van der Waals surface area (Å²) in [6.07, 6.45) is 5.82. The molecule has 8 heteroatoms. The molecule has 0 bridgehead atoms. The van der Waals surface area contributed by atoms with E-state index in [1.54, 1.807) is 37.3 Å². The first-order valence-electron chi connectivity index (χ1n) is 10.2. The fourth-order valence-corrected chi connectivity index (χ4v) is 4.27. The van der Waals surface area contributed by atoms with Crippen molar-refractivity contribution in [2.75, 3.05) is 24.7 Å². The van der Waals surface area contributed by atoms with Crippen molar-refractivity contribution in [3.63, 3.8) is 0 Å². The van der Waals surface area contributed by atoms with Gasteiger partial charge in [0.05, 0.1) is 16.7 Å². The van der Waals surface area contributed by atoms with Gasteiger partial charge >= 0.3 is 5.97 Å². The van der Waals surface area contributed by atoms with Crippen LogP contribution in [0.2, 0.25) is 0 Å². The zero-order chi connectivity index (χ0) is 22.7. The summed E-state index contributed by atoms with van der Waals surface area (Å²) in [7, 11) is 0. The highest BCUT2D eigenvalue weighted by molar-refractivity contribution is 5.95. The third-order valence-corrected chi connectivity index (χ3v) is 5.85. The minimum Gasteiger partial charge on any atom is -0.450 e. The number of hydrogen-bond donors (Lipinski definition) is 1. The number of para-hydroxylation sites is 2. The summed E-state index contributed by atoms with van der Waals surface area (Å²) in [5.41, 5.74) is 1.45. The number of carbonyl (C=O) groups is 2. The number of amides is 1. The number of anilines is 1. The Morgan fingerprint density at radius 2 is 1.94 bits per heavy atom. The fraction of sp³-hybridized carbons (Fsp3) is 0.250. The SMILES string of the molecule is C#CCOC(=O)C1(C)c2[nH]c3ccccc3c2CCN1C(=O)CN(N=O)c1ccccc1. The largest absolute Gasteiger partial charge is 0.450 e. The van der Waals surface area contributed by atoms with E-state index in [0.29, 0.717) is 17.8 Å². The van der Waals surface area contributed by atoms with Gasteiger partial charge in [-0.25, -0.2) is 9.80 Å². The molecule has 8 nitrogen and oxygen atoms in total. The first kappa shape index (κ1) is 21.1. The number of hydrogen-bond acceptors (Lipinski definition) is 5. The molecule has 1 unspecified atom stereocenters. The molecule has 1 atom stereocenters. The van der Waals surface area contributed by atoms with Gasteiger partial charge in [-0.15, -0.1) is 11.3 Å². The van der Waals surface area contributed by atoms with E-state index in [-0.39, 0.29) is 19.7 Å². The molecule has 32 heavy (non-hydrogen) atoms. The van der Waals surface area contributed by atoms with Gasteiger partial charge in [0, 0.05) is 17.4 Å². The maximum Gasteiger partial charge on any atom is 0.339 e. The first-order valence-corrected chi connectivity index (χ1v) is 10.2. The average molecular weight is 430 g/mol. The summed E-state index contributed by atoms with van der Waals surface area (Å²) in [6.45, 7) is 1.38. The second-order valence-corrected chi connectivity index (χ2v) is 7.65. The maximum atomic E-state index is 13.4. The Balaban J connectivity index is 1.73. The number of aromatic nitrogens is 1. The lowest BCUT2D eigenvalue weighted by Gasteiger charge is -2.42. The van der Waals surface area contributed by atoms with Crippen LogP contribution >= 0.6 is 0 Å². The van der Waals surface area contributed by atoms with Gasteiger partial charge in [0.1, 0.15) is 6.54 Å². The maximum absolute atomic E-state index is 13.4. The molecule has 1 aromatic heterocycles. The summed E-state index contributed by atoms with van der Waals surface area (Å²) in [5.74, 6) is 1.22. The summed E-state index contributed by atoms with van der Waals surface area (Å²) < 4.78 is 5.30. The topological polar surface area (TPSA) is 95.1 Å². The third kappa shape index (κ3) is 3.48. The van der Waals surface area contributed by atoms with Crippen molar-refractivity contribution in [1.82, 2.24) is 9.88 Å². The first-order chi connectivity index (χ1) is 15.5. The van der Waals surface area contributed by atoms with Gasteiger partial charge < -0.3 is 14.6 Å². The standard InChI is InChI=1S/C24H22N4O4/c1-3-15-32-23(30)24(2)22-19(18-11-7-8-12-20(18)25-22)13-14-27(24)21(29)16-28(26-31)17-9-5-4-6-10-17/h1,4-12,25H,13-16H2,2H3. The van der Waals surface area contributed by atoms with Gasteiger partial charge in [0.15, 0.2) is 12.1 Å². The van der Waals surface area contributed by atoms with Crippen molar-refractivity contribution < 1.29 is 14.3 Å². The average Bonchev–Trinajstić information content (AvgIpc) is 3.21. The van der Waals surface area contributed by atoms with Crippen LogP contribution in [0.25, 0.3) is 10.9 Å². The predicted molar refractivity (Wildman–Crippen MR) is 120 cm³/mol. The number of nitrogens with one attached hydrogen (secondary N) is 1. The van der Waals surface area contributed by atoms with E-state index in [0.717, 1.165) is 21.5 Å². The Morgan fingerprint density at radius 3 is 2.66 bits per heavy atom. The summed E-state index contributed by atoms with van der Waals surface area (Å²) in [5, 5.41) is 5.06. The highest BCUT2D eigenvalue weighted by Crippen LogP contribution is 2.40. The monoisotopic (exact) mass is 430 g/mol. The minimum atomic E-state index is -1.44. The highest BCUT2D eigenvalue weighted by atomic mass is 16.5. The third-order valence-electron chi connectivity index (χ3n) is 5.85. The molecule has 3 aromatic rings. The van der Waals surface area contributed by atoms with Crippen molar-refractivity contribution in [3.05, 3.63) is 70.8 Å². The van der Waals surface area contributed by atoms with E-state index in [2.05, 4.69) is 16.2 Å². The van der Waals surface area contributed by atoms with Gasteiger partial charge in [-0.2, -0.15) is 0 Å². The number of rotatable bonds is 6. The summed E-state index contributed by atoms with van der Waals surface area (Å²) in [6, 6.07) is 16.4. The number of ether oxygens (including phenoxy) is 1. The Bertz CT molecular complexity index is 1210. The van der Waals surface area contributed by atoms with E-state index in [4.69, 9.17) is 11.2 Å². The van der Waals surface area contributed by atoms with E-state index in [1.807, 2.05) is 24.3 Å². The highest BCUT2D eigenvalue weighted by Gasteiger charge is 2.50. The number of terminal acetylenes is 1. The molecule has 0 aliphatic carbocycles. The Kier molecular flexibility index (Phi) is 5.65. The second kappa shape index (κ2) is 8.55. The van der Waals surface area contributed by atoms with Crippen molar-refractivity contribution >= 4 is 28.5 Å². The summed E-state index contributed by atoms with van der Waals surface area (Å²) in [4.78, 5) is 42.8. The van der Waals surface area contributed by atoms with E-state index in [9.17, 15) is 14.5 Å². The lowest BCUT2D eigenvalue weighted by molar-refractivity contribution is -0.163. The Hall–Kier alpha value is -4.12. The van der Waals surface area contributed by atoms with Crippen LogP contribution in [-0.2, 0) is 26.3 Å². The molecule has 0 spiro atoms. The molecular weight excluding hydrogens is 408 g/mol. The normalized spacial score (nSPS) is 17.3. The lowest BCUT2D eigenvalue weighted by Crippen LogP contribution is -2.58. The van der Waals surface area contributed by atoms with Gasteiger partial charge in [0.2, 0.25) is 5.91 Å². The van der Waals surface area contributed by atoms with Crippen molar-refractivity contribution in [2.45, 2.75) is 18.9 Å². The van der Waals surface area contributed by atoms with Crippen LogP contribution in [0, 0.1) is 17.3 Å². The van der Waals surface area contributed by atoms with Crippen LogP contribution < -0.4 is 5.01 Å². The quantitative estimate of drug-likeness (QED) is 0.281. The Labute approximate surface area is 185 Å². The Morgan fingerprint density at radius 1 is 1.22 bits per heavy atom. The smallest absolute Gasteiger partial charge is 0.339 e. The number of aromatic amines is 1. The zero-order valence-electron chi connectivity index (χ0n) is 17.6. The number of nitrogens with zero attached hydrogens (tertiary/aromatic N) is 3. The van der Waals surface area contributed by atoms with Crippen LogP contribution in [0.5, 0.6) is 0 Å².